The molecule has 0 saturated carbocycles. The number of anilines is 1. The number of carbonyl (C=O) groups excluding carboxylic acids is 4. The second-order valence-electron chi connectivity index (χ2n) is 10.1. The van der Waals surface area contributed by atoms with E-state index in [0.717, 1.165) is 12.1 Å². The first kappa shape index (κ1) is 31.7. The highest BCUT2D eigenvalue weighted by molar-refractivity contribution is 6.30. The molecule has 2 aliphatic heterocycles. The lowest BCUT2D eigenvalue weighted by atomic mass is 10.1. The smallest absolute Gasteiger partial charge is 0.383 e. The number of rotatable bonds is 7. The van der Waals surface area contributed by atoms with Crippen LogP contribution < -0.4 is 5.32 Å². The Balaban J connectivity index is 1.32. The quantitative estimate of drug-likeness (QED) is 0.230. The number of amides is 2. The van der Waals surface area contributed by atoms with Gasteiger partial charge in [-0.05, 0) is 65.4 Å². The van der Waals surface area contributed by atoms with Crippen LogP contribution in [0.15, 0.2) is 54.9 Å². The average molecular weight is 648 g/mol. The highest BCUT2D eigenvalue weighted by atomic mass is 35.5. The average Bonchev–Trinajstić information content (AvgIpc) is 3.72. The monoisotopic (exact) mass is 647 g/mol. The number of alkyl halides is 3. The van der Waals surface area contributed by atoms with Crippen molar-refractivity contribution in [1.29, 1.82) is 0 Å². The Labute approximate surface area is 258 Å². The molecule has 0 unspecified atom stereocenters. The molecular formula is C28H25ClF3N7O6. The predicted octanol–water partition coefficient (Wildman–Crippen LogP) is 2.52. The zero-order valence-electron chi connectivity index (χ0n) is 23.3. The van der Waals surface area contributed by atoms with Gasteiger partial charge in [-0.2, -0.15) is 17.9 Å². The summed E-state index contributed by atoms with van der Waals surface area (Å²) in [5, 5.41) is 14.3. The Morgan fingerprint density at radius 1 is 1.07 bits per heavy atom. The first-order valence-corrected chi connectivity index (χ1v) is 13.9. The van der Waals surface area contributed by atoms with E-state index in [1.54, 1.807) is 24.3 Å². The first-order valence-electron chi connectivity index (χ1n) is 13.6. The van der Waals surface area contributed by atoms with Crippen LogP contribution in [0.3, 0.4) is 0 Å². The molecule has 0 spiro atoms. The van der Waals surface area contributed by atoms with E-state index in [-0.39, 0.29) is 23.8 Å². The van der Waals surface area contributed by atoms with Crippen molar-refractivity contribution in [1.82, 2.24) is 30.0 Å². The second kappa shape index (κ2) is 13.5. The fraction of sp³-hybridized carbons (Fsp3) is 0.321. The van der Waals surface area contributed by atoms with E-state index in [4.69, 9.17) is 16.3 Å². The summed E-state index contributed by atoms with van der Waals surface area (Å²) < 4.78 is 47.9. The predicted molar refractivity (Wildman–Crippen MR) is 151 cm³/mol. The summed E-state index contributed by atoms with van der Waals surface area (Å²) in [6, 6.07) is 8.75. The summed E-state index contributed by atoms with van der Waals surface area (Å²) >= 11 is 6.19. The van der Waals surface area contributed by atoms with E-state index in [1.165, 1.54) is 34.1 Å². The minimum Gasteiger partial charge on any atom is -0.383 e. The van der Waals surface area contributed by atoms with Gasteiger partial charge in [0.2, 0.25) is 11.8 Å². The van der Waals surface area contributed by atoms with Crippen LogP contribution in [0.2, 0.25) is 5.02 Å². The maximum atomic E-state index is 13.6. The molecule has 2 fully saturated rings. The molecule has 2 aromatic carbocycles. The number of carbonyl (C=O) groups is 4. The van der Waals surface area contributed by atoms with Crippen LogP contribution in [0.1, 0.15) is 22.3 Å². The van der Waals surface area contributed by atoms with Gasteiger partial charge in [-0.15, -0.1) is 5.10 Å². The number of ether oxygens (including phenoxy) is 2. The largest absolute Gasteiger partial charge is 0.491 e. The molecule has 2 atom stereocenters. The van der Waals surface area contributed by atoms with Crippen molar-refractivity contribution < 1.29 is 41.8 Å². The molecule has 45 heavy (non-hydrogen) atoms. The van der Waals surface area contributed by atoms with Gasteiger partial charge in [-0.3, -0.25) is 14.5 Å². The first-order chi connectivity index (χ1) is 21.5. The molecule has 2 amide bonds. The van der Waals surface area contributed by atoms with Gasteiger partial charge in [-0.25, -0.2) is 9.59 Å². The van der Waals surface area contributed by atoms with Gasteiger partial charge in [-0.1, -0.05) is 11.6 Å². The van der Waals surface area contributed by atoms with E-state index in [9.17, 15) is 32.3 Å². The number of aromatic nitrogens is 4. The third-order valence-electron chi connectivity index (χ3n) is 7.22. The zero-order chi connectivity index (χ0) is 32.1. The maximum Gasteiger partial charge on any atom is 0.491 e. The SMILES string of the molecule is O=C(OC(=O)C(F)(F)F)c1ccc(NC(=O)[C@@H]2C[C@H](N3CCOCC3)CN2C(=O)/C=C/c2cc(Cl)ccc2-n2cnnn2)cc1. The molecule has 0 aliphatic carbocycles. The van der Waals surface area contributed by atoms with E-state index in [1.807, 2.05) is 0 Å². The van der Waals surface area contributed by atoms with Crippen molar-refractivity contribution in [2.75, 3.05) is 38.2 Å². The summed E-state index contributed by atoms with van der Waals surface area (Å²) in [6.07, 6.45) is -0.697. The van der Waals surface area contributed by atoms with Crippen LogP contribution in [0.5, 0.6) is 0 Å². The van der Waals surface area contributed by atoms with Gasteiger partial charge >= 0.3 is 18.1 Å². The summed E-state index contributed by atoms with van der Waals surface area (Å²) in [6.45, 7) is 2.61. The Bertz CT molecular complexity index is 1590. The fourth-order valence-corrected chi connectivity index (χ4v) is 5.21. The van der Waals surface area contributed by atoms with Gasteiger partial charge in [0.25, 0.3) is 0 Å². The molecule has 2 saturated heterocycles. The molecule has 3 heterocycles. The molecule has 1 N–H and O–H groups in total. The molecule has 5 rings (SSSR count). The van der Waals surface area contributed by atoms with Crippen molar-refractivity contribution in [2.24, 2.45) is 0 Å². The van der Waals surface area contributed by atoms with Crippen LogP contribution in [-0.2, 0) is 23.9 Å². The molecule has 236 valence electrons. The lowest BCUT2D eigenvalue weighted by Gasteiger charge is -2.31. The molecule has 3 aromatic rings. The normalized spacial score (nSPS) is 19.1. The number of nitrogens with one attached hydrogen (secondary N) is 1. The second-order valence-corrected chi connectivity index (χ2v) is 10.5. The van der Waals surface area contributed by atoms with Crippen LogP contribution >= 0.6 is 11.6 Å². The number of hydrogen-bond acceptors (Lipinski definition) is 10. The van der Waals surface area contributed by atoms with E-state index < -0.39 is 36.0 Å². The summed E-state index contributed by atoms with van der Waals surface area (Å²) in [4.78, 5) is 53.5. The van der Waals surface area contributed by atoms with Gasteiger partial charge in [0.05, 0.1) is 24.5 Å². The molecule has 0 bridgehead atoms. The van der Waals surface area contributed by atoms with Gasteiger partial charge in [0.15, 0.2) is 0 Å². The number of benzene rings is 2. The molecule has 2 aliphatic rings. The minimum absolute atomic E-state index is 0.117. The van der Waals surface area contributed by atoms with Crippen molar-refractivity contribution in [3.8, 4) is 5.69 Å². The lowest BCUT2D eigenvalue weighted by Crippen LogP contribution is -2.45. The van der Waals surface area contributed by atoms with Crippen LogP contribution in [0.4, 0.5) is 18.9 Å². The third kappa shape index (κ3) is 7.71. The summed E-state index contributed by atoms with van der Waals surface area (Å²) in [5.41, 5.74) is 1.01. The number of tetrazole rings is 1. The number of esters is 2. The highest BCUT2D eigenvalue weighted by Crippen LogP contribution is 2.26. The van der Waals surface area contributed by atoms with Crippen molar-refractivity contribution in [3.63, 3.8) is 0 Å². The van der Waals surface area contributed by atoms with Gasteiger partial charge < -0.3 is 19.7 Å². The van der Waals surface area contributed by atoms with Crippen LogP contribution in [0, 0.1) is 0 Å². The van der Waals surface area contributed by atoms with Crippen molar-refractivity contribution in [3.05, 3.63) is 71.0 Å². The maximum absolute atomic E-state index is 13.6. The molecular weight excluding hydrogens is 623 g/mol. The molecule has 13 nitrogen and oxygen atoms in total. The standard InChI is InChI=1S/C28H25ClF3N7O6/c29-19-4-7-22(39-16-33-35-36-39)18(13-19)3-8-24(40)38-15-21(37-9-11-44-12-10-37)14-23(38)25(41)34-20-5-1-17(2-6-20)26(42)45-27(43)28(30,31)32/h1-8,13,16,21,23H,9-12,14-15H2,(H,34,41)/b8-3+/t21-,23-/m0/s1. The van der Waals surface area contributed by atoms with E-state index in [2.05, 4.69) is 30.5 Å². The Kier molecular flexibility index (Phi) is 9.55. The number of likely N-dealkylation sites (tertiary alicyclic amines) is 1. The summed E-state index contributed by atoms with van der Waals surface area (Å²) in [5.74, 6) is -5.07. The number of hydrogen-bond donors (Lipinski definition) is 1. The third-order valence-corrected chi connectivity index (χ3v) is 7.46. The topological polar surface area (TPSA) is 149 Å². The lowest BCUT2D eigenvalue weighted by molar-refractivity contribution is -0.193. The Morgan fingerprint density at radius 3 is 2.47 bits per heavy atom. The Hall–Kier alpha value is -4.67. The Morgan fingerprint density at radius 2 is 1.80 bits per heavy atom. The zero-order valence-corrected chi connectivity index (χ0v) is 24.1. The number of nitrogens with zero attached hydrogens (tertiary/aromatic N) is 6. The van der Waals surface area contributed by atoms with Crippen molar-refractivity contribution >= 4 is 47.1 Å². The molecule has 17 heteroatoms. The fourth-order valence-electron chi connectivity index (χ4n) is 5.03. The van der Waals surface area contributed by atoms with Gasteiger partial charge in [0, 0.05) is 48.0 Å². The number of morpholine rings is 1. The summed E-state index contributed by atoms with van der Waals surface area (Å²) in [7, 11) is 0. The van der Waals surface area contributed by atoms with Crippen molar-refractivity contribution in [2.45, 2.75) is 24.7 Å². The van der Waals surface area contributed by atoms with Crippen LogP contribution in [-0.4, -0.2) is 105 Å². The highest BCUT2D eigenvalue weighted by Gasteiger charge is 2.43. The van der Waals surface area contributed by atoms with Gasteiger partial charge in [0.1, 0.15) is 12.4 Å². The molecule has 0 radical (unpaired) electrons. The number of halogens is 4. The molecule has 1 aromatic heterocycles. The van der Waals surface area contributed by atoms with E-state index >= 15 is 0 Å². The minimum atomic E-state index is -5.33. The van der Waals surface area contributed by atoms with E-state index in [0.29, 0.717) is 49.0 Å². The van der Waals surface area contributed by atoms with Crippen LogP contribution in [0.25, 0.3) is 11.8 Å².